The molecule has 2 aromatic rings. The van der Waals surface area contributed by atoms with Gasteiger partial charge in [-0.05, 0) is 29.7 Å². The Labute approximate surface area is 169 Å². The van der Waals surface area contributed by atoms with Crippen LogP contribution in [0.5, 0.6) is 0 Å². The second-order valence-electron chi connectivity index (χ2n) is 7.01. The van der Waals surface area contributed by atoms with Crippen LogP contribution in [0.4, 0.5) is 15.8 Å². The van der Waals surface area contributed by atoms with Gasteiger partial charge in [0.2, 0.25) is 21.8 Å². The first kappa shape index (κ1) is 22.4. The normalized spacial score (nSPS) is 12.3. The second kappa shape index (κ2) is 9.51. The SMILES string of the molecule is CC(C)[C@H](NC(=O)Cc1ccccc1)C(=O)Nc1ccc(F)c(NS(C)(=O)=O)c1. The summed E-state index contributed by atoms with van der Waals surface area (Å²) in [5.41, 5.74) is 0.743. The molecule has 0 unspecified atom stereocenters. The average molecular weight is 421 g/mol. The number of amides is 2. The zero-order valence-electron chi connectivity index (χ0n) is 16.4. The standard InChI is InChI=1S/C20H24FN3O4S/c1-13(2)19(23-18(25)11-14-7-5-4-6-8-14)20(26)22-15-9-10-16(21)17(12-15)24-29(3,27)28/h4-10,12-13,19,24H,11H2,1-3H3,(H,22,26)(H,23,25)/t19-/m0/s1. The summed E-state index contributed by atoms with van der Waals surface area (Å²) in [6.45, 7) is 3.57. The third kappa shape index (κ3) is 7.19. The fourth-order valence-electron chi connectivity index (χ4n) is 2.64. The van der Waals surface area contributed by atoms with Gasteiger partial charge in [0.1, 0.15) is 11.9 Å². The number of benzene rings is 2. The molecular weight excluding hydrogens is 397 g/mol. The highest BCUT2D eigenvalue weighted by Gasteiger charge is 2.24. The van der Waals surface area contributed by atoms with Crippen LogP contribution in [-0.2, 0) is 26.0 Å². The Balaban J connectivity index is 2.09. The molecule has 2 aromatic carbocycles. The van der Waals surface area contributed by atoms with Gasteiger partial charge in [0.25, 0.3) is 0 Å². The van der Waals surface area contributed by atoms with Crippen molar-refractivity contribution < 1.29 is 22.4 Å². The monoisotopic (exact) mass is 421 g/mol. The highest BCUT2D eigenvalue weighted by atomic mass is 32.2. The number of nitrogens with one attached hydrogen (secondary N) is 3. The number of anilines is 2. The van der Waals surface area contributed by atoms with E-state index in [9.17, 15) is 22.4 Å². The summed E-state index contributed by atoms with van der Waals surface area (Å²) < 4.78 is 38.5. The Morgan fingerprint density at radius 2 is 1.72 bits per heavy atom. The van der Waals surface area contributed by atoms with Gasteiger partial charge in [-0.1, -0.05) is 44.2 Å². The zero-order valence-corrected chi connectivity index (χ0v) is 17.2. The summed E-state index contributed by atoms with van der Waals surface area (Å²) in [7, 11) is -3.68. The Kier molecular flexibility index (Phi) is 7.33. The van der Waals surface area contributed by atoms with Crippen molar-refractivity contribution in [2.45, 2.75) is 26.3 Å². The molecule has 156 valence electrons. The van der Waals surface area contributed by atoms with Crippen LogP contribution in [-0.4, -0.2) is 32.5 Å². The van der Waals surface area contributed by atoms with E-state index in [-0.39, 0.29) is 29.6 Å². The van der Waals surface area contributed by atoms with E-state index < -0.39 is 27.8 Å². The number of hydrogen-bond acceptors (Lipinski definition) is 4. The van der Waals surface area contributed by atoms with E-state index in [0.29, 0.717) is 0 Å². The number of sulfonamides is 1. The number of halogens is 1. The third-order valence-corrected chi connectivity index (χ3v) is 4.59. The Bertz CT molecular complexity index is 978. The molecule has 0 spiro atoms. The lowest BCUT2D eigenvalue weighted by atomic mass is 10.0. The Hall–Kier alpha value is -2.94. The molecule has 1 atom stereocenters. The lowest BCUT2D eigenvalue weighted by molar-refractivity contribution is -0.127. The predicted octanol–water partition coefficient (Wildman–Crippen LogP) is 2.52. The first-order chi connectivity index (χ1) is 13.5. The predicted molar refractivity (Wildman–Crippen MR) is 110 cm³/mol. The van der Waals surface area contributed by atoms with Gasteiger partial charge < -0.3 is 10.6 Å². The molecule has 0 saturated heterocycles. The van der Waals surface area contributed by atoms with Crippen molar-refractivity contribution in [1.29, 1.82) is 0 Å². The third-order valence-electron chi connectivity index (χ3n) is 4.00. The van der Waals surface area contributed by atoms with E-state index in [0.717, 1.165) is 17.9 Å². The summed E-state index contributed by atoms with van der Waals surface area (Å²) >= 11 is 0. The molecule has 0 fully saturated rings. The van der Waals surface area contributed by atoms with Crippen LogP contribution in [0.1, 0.15) is 19.4 Å². The molecule has 0 aromatic heterocycles. The molecule has 0 aliphatic heterocycles. The van der Waals surface area contributed by atoms with Crippen LogP contribution in [0.3, 0.4) is 0 Å². The lowest BCUT2D eigenvalue weighted by Crippen LogP contribution is -2.47. The van der Waals surface area contributed by atoms with Crippen LogP contribution in [0.15, 0.2) is 48.5 Å². The van der Waals surface area contributed by atoms with Gasteiger partial charge in [-0.2, -0.15) is 0 Å². The van der Waals surface area contributed by atoms with Gasteiger partial charge in [0.15, 0.2) is 0 Å². The van der Waals surface area contributed by atoms with Gasteiger partial charge in [-0.15, -0.1) is 0 Å². The maximum absolute atomic E-state index is 13.8. The summed E-state index contributed by atoms with van der Waals surface area (Å²) in [5.74, 6) is -1.77. The maximum atomic E-state index is 13.8. The maximum Gasteiger partial charge on any atom is 0.247 e. The van der Waals surface area contributed by atoms with Gasteiger partial charge in [0, 0.05) is 5.69 Å². The topological polar surface area (TPSA) is 104 Å². The van der Waals surface area contributed by atoms with E-state index in [1.165, 1.54) is 12.1 Å². The van der Waals surface area contributed by atoms with Crippen LogP contribution >= 0.6 is 0 Å². The van der Waals surface area contributed by atoms with Crippen molar-refractivity contribution in [2.75, 3.05) is 16.3 Å². The number of carbonyl (C=O) groups excluding carboxylic acids is 2. The summed E-state index contributed by atoms with van der Waals surface area (Å²) in [5, 5.41) is 5.30. The second-order valence-corrected chi connectivity index (χ2v) is 8.76. The van der Waals surface area contributed by atoms with Crippen LogP contribution in [0.25, 0.3) is 0 Å². The van der Waals surface area contributed by atoms with Gasteiger partial charge in [-0.25, -0.2) is 12.8 Å². The molecule has 3 N–H and O–H groups in total. The van der Waals surface area contributed by atoms with Gasteiger partial charge in [-0.3, -0.25) is 14.3 Å². The number of carbonyl (C=O) groups is 2. The van der Waals surface area contributed by atoms with Crippen molar-refractivity contribution in [3.05, 3.63) is 59.9 Å². The molecule has 0 radical (unpaired) electrons. The van der Waals surface area contributed by atoms with Gasteiger partial charge in [0.05, 0.1) is 18.4 Å². The molecule has 0 saturated carbocycles. The molecule has 0 bridgehead atoms. The minimum atomic E-state index is -3.68. The highest BCUT2D eigenvalue weighted by Crippen LogP contribution is 2.21. The molecule has 2 rings (SSSR count). The summed E-state index contributed by atoms with van der Waals surface area (Å²) in [4.78, 5) is 25.0. The van der Waals surface area contributed by atoms with Crippen molar-refractivity contribution in [2.24, 2.45) is 5.92 Å². The Morgan fingerprint density at radius 1 is 1.07 bits per heavy atom. The molecular formula is C20H24FN3O4S. The first-order valence-electron chi connectivity index (χ1n) is 8.96. The largest absolute Gasteiger partial charge is 0.344 e. The van der Waals surface area contributed by atoms with Crippen molar-refractivity contribution in [3.8, 4) is 0 Å². The van der Waals surface area contributed by atoms with Crippen molar-refractivity contribution >= 4 is 33.2 Å². The molecule has 9 heteroatoms. The minimum Gasteiger partial charge on any atom is -0.344 e. The molecule has 0 heterocycles. The van der Waals surface area contributed by atoms with Crippen molar-refractivity contribution in [3.63, 3.8) is 0 Å². The number of hydrogen-bond donors (Lipinski definition) is 3. The number of rotatable bonds is 8. The van der Waals surface area contributed by atoms with E-state index >= 15 is 0 Å². The molecule has 0 aliphatic rings. The minimum absolute atomic E-state index is 0.135. The van der Waals surface area contributed by atoms with Gasteiger partial charge >= 0.3 is 0 Å². The summed E-state index contributed by atoms with van der Waals surface area (Å²) in [6, 6.07) is 11.8. The molecule has 7 nitrogen and oxygen atoms in total. The fourth-order valence-corrected chi connectivity index (χ4v) is 3.20. The summed E-state index contributed by atoms with van der Waals surface area (Å²) in [6.07, 6.45) is 1.03. The van der Waals surface area contributed by atoms with Crippen LogP contribution in [0.2, 0.25) is 0 Å². The van der Waals surface area contributed by atoms with Crippen LogP contribution < -0.4 is 15.4 Å². The molecule has 29 heavy (non-hydrogen) atoms. The van der Waals surface area contributed by atoms with E-state index in [1.807, 2.05) is 30.3 Å². The highest BCUT2D eigenvalue weighted by molar-refractivity contribution is 7.92. The first-order valence-corrected chi connectivity index (χ1v) is 10.9. The van der Waals surface area contributed by atoms with Crippen LogP contribution in [0, 0.1) is 11.7 Å². The average Bonchev–Trinajstić information content (AvgIpc) is 2.62. The fraction of sp³-hybridized carbons (Fsp3) is 0.300. The smallest absolute Gasteiger partial charge is 0.247 e. The lowest BCUT2D eigenvalue weighted by Gasteiger charge is -2.22. The quantitative estimate of drug-likeness (QED) is 0.609. The van der Waals surface area contributed by atoms with Crippen molar-refractivity contribution in [1.82, 2.24) is 5.32 Å². The van der Waals surface area contributed by atoms with E-state index in [4.69, 9.17) is 0 Å². The molecule has 2 amide bonds. The van der Waals surface area contributed by atoms with E-state index in [1.54, 1.807) is 13.8 Å². The Morgan fingerprint density at radius 3 is 2.31 bits per heavy atom. The molecule has 0 aliphatic carbocycles. The van der Waals surface area contributed by atoms with E-state index in [2.05, 4.69) is 15.4 Å². The zero-order chi connectivity index (χ0) is 21.6.